The molecule has 0 heterocycles. The van der Waals surface area contributed by atoms with E-state index in [4.69, 9.17) is 5.11 Å². The van der Waals surface area contributed by atoms with Crippen LogP contribution in [0.2, 0.25) is 0 Å². The molecule has 108 valence electrons. The van der Waals surface area contributed by atoms with Gasteiger partial charge in [0, 0.05) is 18.7 Å². The summed E-state index contributed by atoms with van der Waals surface area (Å²) in [7, 11) is 0. The lowest BCUT2D eigenvalue weighted by Gasteiger charge is -2.26. The molecule has 0 saturated heterocycles. The molecule has 0 fully saturated rings. The first-order valence-electron chi connectivity index (χ1n) is 7.14. The summed E-state index contributed by atoms with van der Waals surface area (Å²) in [5.41, 5.74) is 1.04. The first-order chi connectivity index (χ1) is 9.02. The predicted molar refractivity (Wildman–Crippen MR) is 77.6 cm³/mol. The smallest absolute Gasteiger partial charge is 0.123 e. The van der Waals surface area contributed by atoms with Crippen LogP contribution in [0, 0.1) is 11.7 Å². The molecule has 3 heteroatoms. The van der Waals surface area contributed by atoms with Crippen molar-refractivity contribution < 1.29 is 9.50 Å². The zero-order valence-corrected chi connectivity index (χ0v) is 12.2. The maximum absolute atomic E-state index is 13.1. The van der Waals surface area contributed by atoms with E-state index in [1.54, 1.807) is 12.1 Å². The third kappa shape index (κ3) is 6.17. The topological polar surface area (TPSA) is 32.3 Å². The zero-order valence-electron chi connectivity index (χ0n) is 12.2. The molecule has 0 spiro atoms. The number of benzene rings is 1. The lowest BCUT2D eigenvalue weighted by molar-refractivity contribution is 0.235. The first-order valence-corrected chi connectivity index (χ1v) is 7.14. The molecule has 0 aromatic heterocycles. The van der Waals surface area contributed by atoms with Gasteiger partial charge in [-0.2, -0.15) is 0 Å². The fraction of sp³-hybridized carbons (Fsp3) is 0.625. The van der Waals surface area contributed by atoms with Gasteiger partial charge in [-0.15, -0.1) is 0 Å². The second-order valence-corrected chi connectivity index (χ2v) is 5.60. The van der Waals surface area contributed by atoms with Crippen LogP contribution in [0.3, 0.4) is 0 Å². The van der Waals surface area contributed by atoms with Crippen LogP contribution >= 0.6 is 0 Å². The second-order valence-electron chi connectivity index (χ2n) is 5.60. The van der Waals surface area contributed by atoms with Crippen molar-refractivity contribution in [1.29, 1.82) is 0 Å². The quantitative estimate of drug-likeness (QED) is 0.758. The highest BCUT2D eigenvalue weighted by atomic mass is 19.1. The van der Waals surface area contributed by atoms with Crippen molar-refractivity contribution in [3.8, 4) is 0 Å². The van der Waals surface area contributed by atoms with E-state index in [9.17, 15) is 4.39 Å². The fourth-order valence-electron chi connectivity index (χ4n) is 2.27. The molecule has 2 N–H and O–H groups in total. The summed E-state index contributed by atoms with van der Waals surface area (Å²) in [4.78, 5) is 0. The Hall–Kier alpha value is -0.930. The van der Waals surface area contributed by atoms with Crippen LogP contribution in [0.1, 0.15) is 39.2 Å². The number of halogens is 1. The third-order valence-corrected chi connectivity index (χ3v) is 3.50. The van der Waals surface area contributed by atoms with Crippen molar-refractivity contribution in [2.45, 2.75) is 52.1 Å². The number of hydrogen-bond donors (Lipinski definition) is 2. The summed E-state index contributed by atoms with van der Waals surface area (Å²) < 4.78 is 13.1. The molecule has 0 aliphatic carbocycles. The Morgan fingerprint density at radius 3 is 2.53 bits per heavy atom. The van der Waals surface area contributed by atoms with Gasteiger partial charge in [0.2, 0.25) is 0 Å². The minimum absolute atomic E-state index is 0.168. The van der Waals surface area contributed by atoms with Crippen molar-refractivity contribution in [1.82, 2.24) is 5.32 Å². The molecular weight excluding hydrogens is 241 g/mol. The van der Waals surface area contributed by atoms with Gasteiger partial charge in [-0.1, -0.05) is 26.0 Å². The van der Waals surface area contributed by atoms with E-state index in [-0.39, 0.29) is 12.4 Å². The second kappa shape index (κ2) is 8.28. The summed E-state index contributed by atoms with van der Waals surface area (Å²) in [5, 5.41) is 12.6. The molecular formula is C16H26FNO. The van der Waals surface area contributed by atoms with E-state index in [0.717, 1.165) is 24.8 Å². The number of aliphatic hydroxyl groups excluding tert-OH is 1. The largest absolute Gasteiger partial charge is 0.396 e. The summed E-state index contributed by atoms with van der Waals surface area (Å²) in [6.07, 6.45) is 2.62. The summed E-state index contributed by atoms with van der Waals surface area (Å²) in [6, 6.07) is 7.49. The molecule has 0 bridgehead atoms. The summed E-state index contributed by atoms with van der Waals surface area (Å²) >= 11 is 0. The Labute approximate surface area is 116 Å². The highest BCUT2D eigenvalue weighted by molar-refractivity contribution is 5.16. The summed E-state index contributed by atoms with van der Waals surface area (Å²) in [5.74, 6) is 0.335. The van der Waals surface area contributed by atoms with Gasteiger partial charge in [-0.25, -0.2) is 4.39 Å². The molecule has 2 atom stereocenters. The number of rotatable bonds is 8. The van der Waals surface area contributed by atoms with E-state index in [1.807, 2.05) is 6.07 Å². The van der Waals surface area contributed by atoms with E-state index in [1.165, 1.54) is 6.07 Å². The minimum atomic E-state index is -0.168. The van der Waals surface area contributed by atoms with Crippen molar-refractivity contribution in [3.05, 3.63) is 35.6 Å². The number of hydrogen-bond acceptors (Lipinski definition) is 2. The standard InChI is InChI=1S/C16H26FNO/c1-12(2)16(9-10-19)18-13(3)7-8-14-5-4-6-15(17)11-14/h4-6,11-13,16,18-19H,7-10H2,1-3H3. The van der Waals surface area contributed by atoms with Crippen LogP contribution in [0.15, 0.2) is 24.3 Å². The molecule has 2 unspecified atom stereocenters. The maximum atomic E-state index is 13.1. The van der Waals surface area contributed by atoms with E-state index < -0.39 is 0 Å². The van der Waals surface area contributed by atoms with Gasteiger partial charge in [-0.3, -0.25) is 0 Å². The number of aliphatic hydroxyl groups is 1. The van der Waals surface area contributed by atoms with Crippen LogP contribution in [0.5, 0.6) is 0 Å². The zero-order chi connectivity index (χ0) is 14.3. The molecule has 1 rings (SSSR count). The van der Waals surface area contributed by atoms with Crippen LogP contribution < -0.4 is 5.32 Å². The number of aryl methyl sites for hydroxylation is 1. The molecule has 0 amide bonds. The molecule has 0 radical (unpaired) electrons. The first kappa shape index (κ1) is 16.1. The fourth-order valence-corrected chi connectivity index (χ4v) is 2.27. The highest BCUT2D eigenvalue weighted by Gasteiger charge is 2.15. The molecule has 1 aromatic rings. The van der Waals surface area contributed by atoms with Crippen LogP contribution in [0.25, 0.3) is 0 Å². The molecule has 2 nitrogen and oxygen atoms in total. The van der Waals surface area contributed by atoms with Crippen LogP contribution in [-0.2, 0) is 6.42 Å². The van der Waals surface area contributed by atoms with Crippen LogP contribution in [-0.4, -0.2) is 23.8 Å². The Balaban J connectivity index is 2.40. The molecule has 19 heavy (non-hydrogen) atoms. The van der Waals surface area contributed by atoms with Crippen molar-refractivity contribution in [2.75, 3.05) is 6.61 Å². The van der Waals surface area contributed by atoms with Gasteiger partial charge >= 0.3 is 0 Å². The van der Waals surface area contributed by atoms with Gasteiger partial charge < -0.3 is 10.4 Å². The normalized spacial score (nSPS) is 14.6. The third-order valence-electron chi connectivity index (χ3n) is 3.50. The van der Waals surface area contributed by atoms with Gasteiger partial charge in [0.15, 0.2) is 0 Å². The Morgan fingerprint density at radius 2 is 1.95 bits per heavy atom. The monoisotopic (exact) mass is 267 g/mol. The average Bonchev–Trinajstić information content (AvgIpc) is 2.36. The summed E-state index contributed by atoms with van der Waals surface area (Å²) in [6.45, 7) is 6.68. The van der Waals surface area contributed by atoms with Gasteiger partial charge in [0.05, 0.1) is 0 Å². The van der Waals surface area contributed by atoms with Gasteiger partial charge in [-0.05, 0) is 49.8 Å². The predicted octanol–water partition coefficient (Wildman–Crippen LogP) is 3.14. The van der Waals surface area contributed by atoms with Crippen molar-refractivity contribution in [3.63, 3.8) is 0 Å². The SMILES string of the molecule is CC(CCc1cccc(F)c1)NC(CCO)C(C)C. The lowest BCUT2D eigenvalue weighted by atomic mass is 9.99. The van der Waals surface area contributed by atoms with Crippen LogP contribution in [0.4, 0.5) is 4.39 Å². The van der Waals surface area contributed by atoms with Crippen molar-refractivity contribution in [2.24, 2.45) is 5.92 Å². The van der Waals surface area contributed by atoms with E-state index in [0.29, 0.717) is 18.0 Å². The lowest BCUT2D eigenvalue weighted by Crippen LogP contribution is -2.40. The van der Waals surface area contributed by atoms with E-state index >= 15 is 0 Å². The van der Waals surface area contributed by atoms with E-state index in [2.05, 4.69) is 26.1 Å². The maximum Gasteiger partial charge on any atom is 0.123 e. The minimum Gasteiger partial charge on any atom is -0.396 e. The Bertz CT molecular complexity index is 368. The van der Waals surface area contributed by atoms with Gasteiger partial charge in [0.25, 0.3) is 0 Å². The molecule has 0 saturated carbocycles. The molecule has 0 aliphatic heterocycles. The average molecular weight is 267 g/mol. The number of nitrogens with one attached hydrogen (secondary N) is 1. The van der Waals surface area contributed by atoms with Crippen molar-refractivity contribution >= 4 is 0 Å². The highest BCUT2D eigenvalue weighted by Crippen LogP contribution is 2.11. The Morgan fingerprint density at radius 1 is 1.21 bits per heavy atom. The molecule has 1 aromatic carbocycles. The van der Waals surface area contributed by atoms with Gasteiger partial charge in [0.1, 0.15) is 5.82 Å². The Kier molecular flexibility index (Phi) is 7.03. The molecule has 0 aliphatic rings.